The van der Waals surface area contributed by atoms with Crippen molar-refractivity contribution in [3.05, 3.63) is 17.7 Å². The van der Waals surface area contributed by atoms with Gasteiger partial charge in [-0.3, -0.25) is 0 Å². The zero-order valence-electron chi connectivity index (χ0n) is 11.4. The second-order valence-electron chi connectivity index (χ2n) is 4.95. The summed E-state index contributed by atoms with van der Waals surface area (Å²) < 4.78 is 0. The van der Waals surface area contributed by atoms with Crippen LogP contribution in [0.15, 0.2) is 6.33 Å². The van der Waals surface area contributed by atoms with E-state index in [9.17, 15) is 9.90 Å². The van der Waals surface area contributed by atoms with Gasteiger partial charge in [0.05, 0.1) is 11.4 Å². The summed E-state index contributed by atoms with van der Waals surface area (Å²) >= 11 is 0. The zero-order chi connectivity index (χ0) is 14.3. The molecule has 7 heteroatoms. The average Bonchev–Trinajstić information content (AvgIpc) is 2.88. The average molecular weight is 273 g/mol. The highest BCUT2D eigenvalue weighted by Gasteiger charge is 2.33. The second kappa shape index (κ2) is 4.66. The van der Waals surface area contributed by atoms with Crippen molar-refractivity contribution in [1.29, 1.82) is 0 Å². The van der Waals surface area contributed by atoms with Gasteiger partial charge >= 0.3 is 5.97 Å². The van der Waals surface area contributed by atoms with Gasteiger partial charge in [0.25, 0.3) is 0 Å². The maximum atomic E-state index is 11.3. The van der Waals surface area contributed by atoms with Crippen LogP contribution in [0.5, 0.6) is 0 Å². The molecule has 1 fully saturated rings. The topological polar surface area (TPSA) is 92.1 Å². The van der Waals surface area contributed by atoms with Gasteiger partial charge in [-0.2, -0.15) is 0 Å². The summed E-state index contributed by atoms with van der Waals surface area (Å²) in [5.74, 6) is -0.262. The number of hydrogen-bond acceptors (Lipinski definition) is 6. The molecule has 104 valence electrons. The van der Waals surface area contributed by atoms with E-state index in [0.29, 0.717) is 29.9 Å². The fourth-order valence-corrected chi connectivity index (χ4v) is 2.52. The number of fused-ring (bicyclic) bond motifs is 1. The van der Waals surface area contributed by atoms with Crippen LogP contribution in [-0.2, 0) is 4.79 Å². The molecule has 0 spiro atoms. The molecule has 0 aromatic carbocycles. The first kappa shape index (κ1) is 12.7. The first-order valence-electron chi connectivity index (χ1n) is 6.53. The van der Waals surface area contributed by atoms with Crippen molar-refractivity contribution in [2.45, 2.75) is 32.7 Å². The molecule has 1 N–H and O–H groups in total. The molecule has 3 rings (SSSR count). The number of aryl methyl sites for hydroxylation is 2. The number of aromatic nitrogens is 4. The van der Waals surface area contributed by atoms with E-state index in [-0.39, 0.29) is 0 Å². The Morgan fingerprint density at radius 3 is 2.80 bits per heavy atom. The molecule has 2 aromatic rings. The Hall–Kier alpha value is -2.31. The van der Waals surface area contributed by atoms with E-state index in [0.717, 1.165) is 17.8 Å². The number of carbonyl (C=O) groups is 1. The first-order valence-corrected chi connectivity index (χ1v) is 6.53. The van der Waals surface area contributed by atoms with Gasteiger partial charge in [0.2, 0.25) is 0 Å². The van der Waals surface area contributed by atoms with Crippen molar-refractivity contribution in [3.8, 4) is 0 Å². The first-order chi connectivity index (χ1) is 9.58. The quantitative estimate of drug-likeness (QED) is 0.875. The molecular formula is C13H15N5O2. The summed E-state index contributed by atoms with van der Waals surface area (Å²) in [5, 5.41) is 9.29. The van der Waals surface area contributed by atoms with E-state index < -0.39 is 12.0 Å². The lowest BCUT2D eigenvalue weighted by atomic mass is 10.2. The fourth-order valence-electron chi connectivity index (χ4n) is 2.52. The molecule has 20 heavy (non-hydrogen) atoms. The SMILES string of the molecule is Cc1nc2ncnc(N3CCCC3C(=O)O)c2nc1C. The minimum absolute atomic E-state index is 0.508. The molecule has 1 aliphatic heterocycles. The van der Waals surface area contributed by atoms with Gasteiger partial charge in [0.15, 0.2) is 17.0 Å². The number of nitrogens with zero attached hydrogens (tertiary/aromatic N) is 5. The van der Waals surface area contributed by atoms with Crippen LogP contribution in [0.25, 0.3) is 11.2 Å². The lowest BCUT2D eigenvalue weighted by Gasteiger charge is -2.22. The molecule has 3 heterocycles. The highest BCUT2D eigenvalue weighted by atomic mass is 16.4. The van der Waals surface area contributed by atoms with E-state index in [1.807, 2.05) is 13.8 Å². The van der Waals surface area contributed by atoms with Crippen LogP contribution in [0.3, 0.4) is 0 Å². The van der Waals surface area contributed by atoms with Crippen LogP contribution in [0, 0.1) is 13.8 Å². The summed E-state index contributed by atoms with van der Waals surface area (Å²) in [7, 11) is 0. The zero-order valence-corrected chi connectivity index (χ0v) is 11.4. The van der Waals surface area contributed by atoms with Gasteiger partial charge in [-0.05, 0) is 26.7 Å². The van der Waals surface area contributed by atoms with Gasteiger partial charge in [-0.1, -0.05) is 0 Å². The molecule has 0 saturated carbocycles. The Kier molecular flexibility index (Phi) is 2.96. The van der Waals surface area contributed by atoms with Crippen LogP contribution in [0.4, 0.5) is 5.82 Å². The summed E-state index contributed by atoms with van der Waals surface area (Å²) in [5.41, 5.74) is 2.70. The smallest absolute Gasteiger partial charge is 0.326 e. The van der Waals surface area contributed by atoms with E-state index in [2.05, 4.69) is 19.9 Å². The molecule has 0 amide bonds. The Morgan fingerprint density at radius 2 is 2.05 bits per heavy atom. The highest BCUT2D eigenvalue weighted by molar-refractivity contribution is 5.87. The standard InChI is InChI=1S/C13H15N5O2/c1-7-8(2)17-11-10(16-7)12(15-6-14-11)18-5-3-4-9(18)13(19)20/h6,9H,3-5H2,1-2H3,(H,19,20). The summed E-state index contributed by atoms with van der Waals surface area (Å²) in [6.07, 6.45) is 2.87. The minimum Gasteiger partial charge on any atom is -0.480 e. The molecule has 1 aliphatic rings. The van der Waals surface area contributed by atoms with Crippen molar-refractivity contribution >= 4 is 23.0 Å². The van der Waals surface area contributed by atoms with Crippen LogP contribution in [-0.4, -0.2) is 43.6 Å². The highest BCUT2D eigenvalue weighted by Crippen LogP contribution is 2.28. The molecule has 1 atom stereocenters. The largest absolute Gasteiger partial charge is 0.480 e. The third-order valence-corrected chi connectivity index (χ3v) is 3.67. The van der Waals surface area contributed by atoms with E-state index in [1.54, 1.807) is 4.90 Å². The lowest BCUT2D eigenvalue weighted by Crippen LogP contribution is -2.36. The molecule has 0 bridgehead atoms. The van der Waals surface area contributed by atoms with E-state index in [4.69, 9.17) is 0 Å². The van der Waals surface area contributed by atoms with Gasteiger partial charge in [-0.25, -0.2) is 24.7 Å². The molecule has 0 aliphatic carbocycles. The van der Waals surface area contributed by atoms with Gasteiger partial charge in [0, 0.05) is 6.54 Å². The van der Waals surface area contributed by atoms with Gasteiger partial charge < -0.3 is 10.0 Å². The molecule has 1 saturated heterocycles. The summed E-state index contributed by atoms with van der Waals surface area (Å²) in [4.78, 5) is 30.4. The Balaban J connectivity index is 2.16. The third kappa shape index (κ3) is 1.95. The van der Waals surface area contributed by atoms with Crippen molar-refractivity contribution in [2.75, 3.05) is 11.4 Å². The van der Waals surface area contributed by atoms with E-state index >= 15 is 0 Å². The predicted octanol–water partition coefficient (Wildman–Crippen LogP) is 1.09. The number of hydrogen-bond donors (Lipinski definition) is 1. The molecular weight excluding hydrogens is 258 g/mol. The summed E-state index contributed by atoms with van der Waals surface area (Å²) in [6, 6.07) is -0.545. The van der Waals surface area contributed by atoms with Crippen molar-refractivity contribution in [1.82, 2.24) is 19.9 Å². The normalized spacial score (nSPS) is 18.7. The number of carboxylic acid groups (broad SMARTS) is 1. The van der Waals surface area contributed by atoms with Crippen LogP contribution < -0.4 is 4.90 Å². The molecule has 0 radical (unpaired) electrons. The van der Waals surface area contributed by atoms with Crippen LogP contribution in [0.2, 0.25) is 0 Å². The number of aliphatic carboxylic acids is 1. The Labute approximate surface area is 115 Å². The summed E-state index contributed by atoms with van der Waals surface area (Å²) in [6.45, 7) is 4.41. The van der Waals surface area contributed by atoms with Gasteiger partial charge in [0.1, 0.15) is 12.4 Å². The Morgan fingerprint density at radius 1 is 1.30 bits per heavy atom. The maximum absolute atomic E-state index is 11.3. The molecule has 7 nitrogen and oxygen atoms in total. The third-order valence-electron chi connectivity index (χ3n) is 3.67. The van der Waals surface area contributed by atoms with Gasteiger partial charge in [-0.15, -0.1) is 0 Å². The van der Waals surface area contributed by atoms with E-state index in [1.165, 1.54) is 6.33 Å². The van der Waals surface area contributed by atoms with Crippen molar-refractivity contribution in [2.24, 2.45) is 0 Å². The predicted molar refractivity (Wildman–Crippen MR) is 72.6 cm³/mol. The Bertz CT molecular complexity index is 688. The van der Waals surface area contributed by atoms with Crippen LogP contribution >= 0.6 is 0 Å². The van der Waals surface area contributed by atoms with Crippen molar-refractivity contribution in [3.63, 3.8) is 0 Å². The van der Waals surface area contributed by atoms with Crippen molar-refractivity contribution < 1.29 is 9.90 Å². The lowest BCUT2D eigenvalue weighted by molar-refractivity contribution is -0.138. The monoisotopic (exact) mass is 273 g/mol. The number of rotatable bonds is 2. The fraction of sp³-hybridized carbons (Fsp3) is 0.462. The minimum atomic E-state index is -0.828. The number of anilines is 1. The molecule has 2 aromatic heterocycles. The molecule has 1 unspecified atom stereocenters. The maximum Gasteiger partial charge on any atom is 0.326 e. The number of carboxylic acids is 1. The second-order valence-corrected chi connectivity index (χ2v) is 4.95. The van der Waals surface area contributed by atoms with Crippen LogP contribution in [0.1, 0.15) is 24.2 Å².